The average Bonchev–Trinajstić information content (AvgIpc) is 3.58. The number of alkyl halides is 3. The number of hydrogen-bond acceptors (Lipinski definition) is 4. The largest absolute Gasteiger partial charge is 0.416 e. The number of nitrogens with one attached hydrogen (secondary N) is 2. The zero-order valence-corrected chi connectivity index (χ0v) is 20.8. The van der Waals surface area contributed by atoms with Gasteiger partial charge in [0, 0.05) is 41.1 Å². The van der Waals surface area contributed by atoms with E-state index in [2.05, 4.69) is 32.4 Å². The maximum atomic E-state index is 13.5. The number of aryl methyl sites for hydroxylation is 1. The third kappa shape index (κ3) is 5.48. The van der Waals surface area contributed by atoms with Crippen molar-refractivity contribution in [1.82, 2.24) is 18.9 Å². The number of benzene rings is 2. The molecule has 0 unspecified atom stereocenters. The Balaban J connectivity index is 1.43. The maximum absolute atomic E-state index is 13.5. The van der Waals surface area contributed by atoms with Crippen molar-refractivity contribution in [1.29, 1.82) is 0 Å². The van der Waals surface area contributed by atoms with Gasteiger partial charge in [0.05, 0.1) is 23.8 Å². The molecule has 0 fully saturated rings. The summed E-state index contributed by atoms with van der Waals surface area (Å²) in [6.07, 6.45) is 2.96. The highest BCUT2D eigenvalue weighted by Crippen LogP contribution is 2.33. The quantitative estimate of drug-likeness (QED) is 0.277. The number of carbonyl (C=O) groups excluding carboxylic acids is 2. The third-order valence-corrected chi connectivity index (χ3v) is 5.92. The number of nitrogens with two attached hydrogens (primary N) is 1. The summed E-state index contributed by atoms with van der Waals surface area (Å²) >= 11 is 0. The Hall–Kier alpha value is -5.57. The molecule has 40 heavy (non-hydrogen) atoms. The molecule has 0 aliphatic rings. The van der Waals surface area contributed by atoms with Gasteiger partial charge in [-0.25, -0.2) is 14.8 Å². The Morgan fingerprint density at radius 1 is 1.02 bits per heavy atom. The van der Waals surface area contributed by atoms with Crippen LogP contribution in [0.2, 0.25) is 0 Å². The van der Waals surface area contributed by atoms with E-state index in [9.17, 15) is 22.8 Å². The predicted octanol–water partition coefficient (Wildman–Crippen LogP) is 4.99. The molecule has 4 N–H and O–H groups in total. The number of fused-ring (bicyclic) bond motifs is 1. The summed E-state index contributed by atoms with van der Waals surface area (Å²) in [4.78, 5) is 32.5. The SMILES string of the molecule is Cc1ccc(C(=O)Nc2cc(-n3ccnc3)cc(C(F)(F)F)c2)cc1C#Cc1cnc2c(NC(N)=O)cccn12. The minimum absolute atomic E-state index is 0.0251. The van der Waals surface area contributed by atoms with Gasteiger partial charge in [0.1, 0.15) is 5.69 Å². The van der Waals surface area contributed by atoms with Gasteiger partial charge in [0.25, 0.3) is 5.91 Å². The number of amides is 3. The fourth-order valence-corrected chi connectivity index (χ4v) is 3.97. The molecule has 9 nitrogen and oxygen atoms in total. The van der Waals surface area contributed by atoms with Crippen LogP contribution in [-0.2, 0) is 6.18 Å². The monoisotopic (exact) mass is 543 g/mol. The number of primary amides is 1. The van der Waals surface area contributed by atoms with Crippen molar-refractivity contribution in [2.75, 3.05) is 10.6 Å². The lowest BCUT2D eigenvalue weighted by molar-refractivity contribution is -0.137. The van der Waals surface area contributed by atoms with E-state index in [1.165, 1.54) is 35.6 Å². The lowest BCUT2D eigenvalue weighted by Gasteiger charge is -2.14. The zero-order valence-electron chi connectivity index (χ0n) is 20.8. The number of rotatable bonds is 4. The summed E-state index contributed by atoms with van der Waals surface area (Å²) in [7, 11) is 0. The van der Waals surface area contributed by atoms with Crippen LogP contribution in [0.15, 0.2) is 79.6 Å². The number of hydrogen-bond donors (Lipinski definition) is 3. The van der Waals surface area contributed by atoms with Gasteiger partial charge >= 0.3 is 12.2 Å². The second-order valence-electron chi connectivity index (χ2n) is 8.72. The van der Waals surface area contributed by atoms with E-state index < -0.39 is 23.7 Å². The Bertz CT molecular complexity index is 1810. The summed E-state index contributed by atoms with van der Waals surface area (Å²) < 4.78 is 43.7. The first-order chi connectivity index (χ1) is 19.1. The van der Waals surface area contributed by atoms with Gasteiger partial charge in [-0.1, -0.05) is 12.0 Å². The lowest BCUT2D eigenvalue weighted by Crippen LogP contribution is -2.19. The van der Waals surface area contributed by atoms with Crippen LogP contribution < -0.4 is 16.4 Å². The van der Waals surface area contributed by atoms with Crippen LogP contribution in [0.1, 0.15) is 32.7 Å². The molecule has 12 heteroatoms. The van der Waals surface area contributed by atoms with Gasteiger partial charge in [-0.3, -0.25) is 9.20 Å². The normalized spacial score (nSPS) is 11.1. The Morgan fingerprint density at radius 3 is 2.58 bits per heavy atom. The highest BCUT2D eigenvalue weighted by Gasteiger charge is 2.31. The highest BCUT2D eigenvalue weighted by molar-refractivity contribution is 6.04. The summed E-state index contributed by atoms with van der Waals surface area (Å²) in [5, 5.41) is 5.06. The second-order valence-corrected chi connectivity index (χ2v) is 8.72. The molecule has 5 rings (SSSR count). The van der Waals surface area contributed by atoms with Gasteiger partial charge in [0.2, 0.25) is 0 Å². The van der Waals surface area contributed by atoms with Crippen LogP contribution in [0, 0.1) is 18.8 Å². The fraction of sp³-hybridized carbons (Fsp3) is 0.0714. The molecule has 0 aliphatic carbocycles. The molecule has 200 valence electrons. The summed E-state index contributed by atoms with van der Waals surface area (Å²) in [6.45, 7) is 1.82. The van der Waals surface area contributed by atoms with Crippen molar-refractivity contribution in [2.24, 2.45) is 5.73 Å². The number of imidazole rings is 2. The molecular formula is C28H20F3N7O2. The van der Waals surface area contributed by atoms with Crippen LogP contribution in [0.5, 0.6) is 0 Å². The summed E-state index contributed by atoms with van der Waals surface area (Å²) in [6, 6.07) is 10.7. The van der Waals surface area contributed by atoms with Crippen LogP contribution in [-0.4, -0.2) is 30.9 Å². The number of urea groups is 1. The molecule has 0 saturated carbocycles. The molecule has 3 aromatic heterocycles. The number of aromatic nitrogens is 4. The van der Waals surface area contributed by atoms with Gasteiger partial charge < -0.3 is 20.9 Å². The number of pyridine rings is 1. The number of nitrogens with zero attached hydrogens (tertiary/aromatic N) is 4. The van der Waals surface area contributed by atoms with Crippen LogP contribution in [0.4, 0.5) is 29.3 Å². The van der Waals surface area contributed by atoms with Gasteiger partial charge in [-0.15, -0.1) is 0 Å². The van der Waals surface area contributed by atoms with Gasteiger partial charge in [0.15, 0.2) is 5.65 Å². The average molecular weight is 544 g/mol. The molecule has 0 radical (unpaired) electrons. The molecular weight excluding hydrogens is 523 g/mol. The minimum Gasteiger partial charge on any atom is -0.351 e. The molecule has 5 aromatic rings. The summed E-state index contributed by atoms with van der Waals surface area (Å²) in [5.41, 5.74) is 7.40. The Labute approximate surface area is 225 Å². The molecule has 3 amide bonds. The molecule has 0 aliphatic heterocycles. The number of halogens is 3. The number of carbonyl (C=O) groups is 2. The van der Waals surface area contributed by atoms with Crippen molar-refractivity contribution >= 4 is 29.0 Å². The van der Waals surface area contributed by atoms with E-state index in [4.69, 9.17) is 5.73 Å². The third-order valence-electron chi connectivity index (χ3n) is 5.92. The van der Waals surface area contributed by atoms with Crippen molar-refractivity contribution in [3.63, 3.8) is 0 Å². The number of anilines is 2. The fourth-order valence-electron chi connectivity index (χ4n) is 3.97. The molecule has 2 aromatic carbocycles. The van der Waals surface area contributed by atoms with E-state index in [-0.39, 0.29) is 16.9 Å². The Morgan fingerprint density at radius 2 is 1.85 bits per heavy atom. The predicted molar refractivity (Wildman–Crippen MR) is 142 cm³/mol. The minimum atomic E-state index is -4.61. The first kappa shape index (κ1) is 26.1. The molecule has 3 heterocycles. The van der Waals surface area contributed by atoms with Gasteiger partial charge in [-0.2, -0.15) is 13.2 Å². The van der Waals surface area contributed by atoms with E-state index >= 15 is 0 Å². The van der Waals surface area contributed by atoms with Crippen molar-refractivity contribution in [3.8, 4) is 17.5 Å². The van der Waals surface area contributed by atoms with E-state index in [1.54, 1.807) is 40.9 Å². The molecule has 0 spiro atoms. The maximum Gasteiger partial charge on any atom is 0.416 e. The van der Waals surface area contributed by atoms with E-state index in [0.717, 1.165) is 17.7 Å². The van der Waals surface area contributed by atoms with Crippen LogP contribution in [0.3, 0.4) is 0 Å². The van der Waals surface area contributed by atoms with Gasteiger partial charge in [-0.05, 0) is 60.9 Å². The topological polar surface area (TPSA) is 119 Å². The first-order valence-corrected chi connectivity index (χ1v) is 11.8. The molecule has 0 bridgehead atoms. The smallest absolute Gasteiger partial charge is 0.351 e. The standard InChI is InChI=1S/C28H20F3N7O2/c1-17-4-5-19(11-18(17)6-7-22-15-34-25-24(36-27(32)40)3-2-9-38(22)25)26(39)35-21-12-20(28(29,30)31)13-23(14-21)37-10-8-33-16-37/h2-5,8-16H,1H3,(H,35,39)(H3,32,36,40). The second kappa shape index (κ2) is 10.3. The van der Waals surface area contributed by atoms with E-state index in [0.29, 0.717) is 22.6 Å². The molecule has 0 atom stereocenters. The zero-order chi connectivity index (χ0) is 28.4. The Kier molecular flexibility index (Phi) is 6.71. The van der Waals surface area contributed by atoms with Crippen molar-refractivity contribution < 1.29 is 22.8 Å². The summed E-state index contributed by atoms with van der Waals surface area (Å²) in [5.74, 6) is 5.43. The van der Waals surface area contributed by atoms with Crippen molar-refractivity contribution in [3.05, 3.63) is 108 Å². The van der Waals surface area contributed by atoms with Crippen LogP contribution >= 0.6 is 0 Å². The first-order valence-electron chi connectivity index (χ1n) is 11.8. The van der Waals surface area contributed by atoms with E-state index in [1.807, 2.05) is 6.92 Å². The highest BCUT2D eigenvalue weighted by atomic mass is 19.4. The van der Waals surface area contributed by atoms with Crippen molar-refractivity contribution in [2.45, 2.75) is 13.1 Å². The lowest BCUT2D eigenvalue weighted by atomic mass is 10.0. The van der Waals surface area contributed by atoms with Crippen LogP contribution in [0.25, 0.3) is 11.3 Å². The molecule has 0 saturated heterocycles.